The normalized spacial score (nSPS) is 20.6. The Bertz CT molecular complexity index is 1070. The molecule has 4 rings (SSSR count). The van der Waals surface area contributed by atoms with Gasteiger partial charge in [-0.3, -0.25) is 14.3 Å². The van der Waals surface area contributed by atoms with Crippen LogP contribution in [0.15, 0.2) is 47.8 Å². The molecule has 1 saturated carbocycles. The van der Waals surface area contributed by atoms with Gasteiger partial charge in [0, 0.05) is 25.0 Å². The van der Waals surface area contributed by atoms with E-state index in [4.69, 9.17) is 4.84 Å². The van der Waals surface area contributed by atoms with Crippen LogP contribution in [0.25, 0.3) is 0 Å². The number of hydrogen-bond donors (Lipinski definition) is 3. The number of hydrogen-bond acceptors (Lipinski definition) is 6. The molecule has 36 heavy (non-hydrogen) atoms. The minimum Gasteiger partial charge on any atom is -0.452 e. The molecule has 1 aromatic heterocycles. The highest BCUT2D eigenvalue weighted by atomic mass is 16.7. The van der Waals surface area contributed by atoms with Gasteiger partial charge < -0.3 is 20.5 Å². The van der Waals surface area contributed by atoms with Crippen molar-refractivity contribution in [3.05, 3.63) is 53.9 Å². The second-order valence-corrected chi connectivity index (χ2v) is 10.2. The van der Waals surface area contributed by atoms with Gasteiger partial charge in [-0.25, -0.2) is 0 Å². The molecule has 9 nitrogen and oxygen atoms in total. The third-order valence-electron chi connectivity index (χ3n) is 6.83. The topological polar surface area (TPSA) is 118 Å². The first-order chi connectivity index (χ1) is 17.4. The highest BCUT2D eigenvalue weighted by Crippen LogP contribution is 2.31. The molecule has 1 fully saturated rings. The number of benzene rings is 1. The molecule has 1 unspecified atom stereocenters. The molecule has 3 N–H and O–H groups in total. The average molecular weight is 492 g/mol. The van der Waals surface area contributed by atoms with E-state index >= 15 is 0 Å². The maximum atomic E-state index is 13.4. The van der Waals surface area contributed by atoms with E-state index in [1.165, 1.54) is 0 Å². The van der Waals surface area contributed by atoms with Crippen LogP contribution in [0.4, 0.5) is 0 Å². The van der Waals surface area contributed by atoms with Gasteiger partial charge in [-0.1, -0.05) is 62.2 Å². The number of amides is 2. The summed E-state index contributed by atoms with van der Waals surface area (Å²) in [5, 5.41) is 24.1. The van der Waals surface area contributed by atoms with Crippen LogP contribution in [0.2, 0.25) is 0 Å². The number of nitrogens with one attached hydrogen (secondary N) is 2. The maximum Gasteiger partial charge on any atom is 0.311 e. The summed E-state index contributed by atoms with van der Waals surface area (Å²) in [4.78, 5) is 32.2. The van der Waals surface area contributed by atoms with Crippen LogP contribution in [-0.2, 0) is 16.1 Å². The van der Waals surface area contributed by atoms with Crippen LogP contribution >= 0.6 is 0 Å². The fourth-order valence-corrected chi connectivity index (χ4v) is 5.03. The molecular formula is C26H35BN5O4. The van der Waals surface area contributed by atoms with Crippen LogP contribution in [0, 0.1) is 5.92 Å². The van der Waals surface area contributed by atoms with Crippen molar-refractivity contribution in [2.75, 3.05) is 6.54 Å². The third-order valence-corrected chi connectivity index (χ3v) is 6.83. The lowest BCUT2D eigenvalue weighted by Crippen LogP contribution is -2.53. The highest BCUT2D eigenvalue weighted by molar-refractivity contribution is 6.28. The summed E-state index contributed by atoms with van der Waals surface area (Å²) in [5.41, 5.74) is 0.784. The van der Waals surface area contributed by atoms with Crippen LogP contribution in [-0.4, -0.2) is 57.9 Å². The van der Waals surface area contributed by atoms with Gasteiger partial charge >= 0.3 is 7.48 Å². The Kier molecular flexibility index (Phi) is 8.46. The maximum absolute atomic E-state index is 13.4. The van der Waals surface area contributed by atoms with Crippen LogP contribution < -0.4 is 10.6 Å². The molecule has 2 aromatic rings. The molecule has 1 aliphatic heterocycles. The van der Waals surface area contributed by atoms with Crippen LogP contribution in [0.1, 0.15) is 74.5 Å². The smallest absolute Gasteiger partial charge is 0.311 e. The first-order valence-electron chi connectivity index (χ1n) is 12.8. The van der Waals surface area contributed by atoms with Crippen molar-refractivity contribution < 1.29 is 19.5 Å². The lowest BCUT2D eigenvalue weighted by atomic mass is 9.80. The Morgan fingerprint density at radius 2 is 1.97 bits per heavy atom. The largest absolute Gasteiger partial charge is 0.452 e. The van der Waals surface area contributed by atoms with E-state index in [0.717, 1.165) is 38.7 Å². The van der Waals surface area contributed by atoms with E-state index in [-0.39, 0.29) is 36.7 Å². The van der Waals surface area contributed by atoms with Gasteiger partial charge in [0.1, 0.15) is 5.69 Å². The number of aromatic nitrogens is 2. The third kappa shape index (κ3) is 6.16. The zero-order valence-electron chi connectivity index (χ0n) is 21.0. The average Bonchev–Trinajstić information content (AvgIpc) is 3.63. The van der Waals surface area contributed by atoms with Gasteiger partial charge in [0.25, 0.3) is 11.8 Å². The zero-order valence-corrected chi connectivity index (χ0v) is 21.0. The van der Waals surface area contributed by atoms with E-state index in [9.17, 15) is 14.6 Å². The molecule has 191 valence electrons. The second kappa shape index (κ2) is 11.7. The van der Waals surface area contributed by atoms with E-state index in [2.05, 4.69) is 20.9 Å². The molecular weight excluding hydrogens is 457 g/mol. The second-order valence-electron chi connectivity index (χ2n) is 10.2. The number of nitrogens with zero attached hydrogens (tertiary/aromatic N) is 3. The summed E-state index contributed by atoms with van der Waals surface area (Å²) in [5.74, 6) is -0.771. The van der Waals surface area contributed by atoms with E-state index in [1.54, 1.807) is 12.3 Å². The molecule has 2 aliphatic rings. The number of carbonyl (C=O) groups excluding carboxylic acids is 2. The lowest BCUT2D eigenvalue weighted by molar-refractivity contribution is -0.144. The van der Waals surface area contributed by atoms with Crippen molar-refractivity contribution in [2.24, 2.45) is 11.1 Å². The van der Waals surface area contributed by atoms with Crippen molar-refractivity contribution in [3.63, 3.8) is 0 Å². The summed E-state index contributed by atoms with van der Waals surface area (Å²) in [6, 6.07) is 11.6. The van der Waals surface area contributed by atoms with Crippen LogP contribution in [0.5, 0.6) is 0 Å². The summed E-state index contributed by atoms with van der Waals surface area (Å²) in [6.45, 7) is 4.22. The minimum absolute atomic E-state index is 0.167. The fourth-order valence-electron chi connectivity index (χ4n) is 5.03. The zero-order chi connectivity index (χ0) is 25.5. The number of oxime groups is 1. The summed E-state index contributed by atoms with van der Waals surface area (Å²) in [7, 11) is 1.01. The molecule has 10 heteroatoms. The van der Waals surface area contributed by atoms with Gasteiger partial charge in [0.2, 0.25) is 5.60 Å². The molecule has 2 atom stereocenters. The van der Waals surface area contributed by atoms with Gasteiger partial charge in [0.05, 0.1) is 18.3 Å². The van der Waals surface area contributed by atoms with Crippen molar-refractivity contribution in [3.8, 4) is 0 Å². The van der Waals surface area contributed by atoms with Crippen molar-refractivity contribution in [1.29, 1.82) is 0 Å². The van der Waals surface area contributed by atoms with Gasteiger partial charge in [-0.15, -0.1) is 0 Å². The molecule has 0 bridgehead atoms. The summed E-state index contributed by atoms with van der Waals surface area (Å²) >= 11 is 0. The predicted molar refractivity (Wildman–Crippen MR) is 137 cm³/mol. The molecule has 0 spiro atoms. The molecule has 1 radical (unpaired) electrons. The Labute approximate surface area is 212 Å². The van der Waals surface area contributed by atoms with Crippen molar-refractivity contribution >= 4 is 25.0 Å². The first-order valence-corrected chi connectivity index (χ1v) is 12.8. The Morgan fingerprint density at radius 1 is 1.22 bits per heavy atom. The SMILES string of the molecule is CC(C)C[C@@H]([B]O)NC(=O)C1(Cc2ccccc2)CC(CNC(=O)c2ccnn2C2CCCC2)=NO1. The Hall–Kier alpha value is -3.14. The first kappa shape index (κ1) is 25.9. The minimum atomic E-state index is -1.26. The Balaban J connectivity index is 1.43. The van der Waals surface area contributed by atoms with E-state index in [0.29, 0.717) is 24.2 Å². The lowest BCUT2D eigenvalue weighted by Gasteiger charge is -2.28. The number of carbonyl (C=O) groups is 2. The predicted octanol–water partition coefficient (Wildman–Crippen LogP) is 2.59. The van der Waals surface area contributed by atoms with Gasteiger partial charge in [-0.2, -0.15) is 5.10 Å². The van der Waals surface area contributed by atoms with Gasteiger partial charge in [0.15, 0.2) is 0 Å². The Morgan fingerprint density at radius 3 is 2.67 bits per heavy atom. The van der Waals surface area contributed by atoms with E-state index < -0.39 is 11.5 Å². The molecule has 1 aromatic carbocycles. The number of rotatable bonds is 11. The van der Waals surface area contributed by atoms with E-state index in [1.807, 2.05) is 48.9 Å². The standard InChI is InChI=1S/C26H35BN5O4/c1-18(2)14-23(27-35)30-25(34)26(15-19-8-4-3-5-9-19)16-20(31-36-26)17-28-24(33)22-12-13-29-32(22)21-10-6-7-11-21/h3-5,8-9,12-13,18,21,23,35H,6-7,10-11,14-17H2,1-2H3,(H,28,33)(H,30,34)/t23-,26?/m0/s1. The monoisotopic (exact) mass is 492 g/mol. The van der Waals surface area contributed by atoms with Crippen LogP contribution in [0.3, 0.4) is 0 Å². The molecule has 1 aliphatic carbocycles. The van der Waals surface area contributed by atoms with Gasteiger partial charge in [-0.05, 0) is 36.8 Å². The fraction of sp³-hybridized carbons (Fsp3) is 0.538. The quantitative estimate of drug-likeness (QED) is 0.417. The summed E-state index contributed by atoms with van der Waals surface area (Å²) < 4.78 is 1.82. The molecule has 2 amide bonds. The molecule has 2 heterocycles. The molecule has 0 saturated heterocycles. The summed E-state index contributed by atoms with van der Waals surface area (Å²) in [6.07, 6.45) is 7.16. The van der Waals surface area contributed by atoms with Crippen molar-refractivity contribution in [1.82, 2.24) is 20.4 Å². The highest BCUT2D eigenvalue weighted by Gasteiger charge is 2.47. The van der Waals surface area contributed by atoms with Crippen molar-refractivity contribution in [2.45, 2.75) is 76.4 Å².